The lowest BCUT2D eigenvalue weighted by Crippen LogP contribution is -2.59. The topological polar surface area (TPSA) is 72.0 Å². The Morgan fingerprint density at radius 3 is 2.47 bits per heavy atom. The predicted octanol–water partition coefficient (Wildman–Crippen LogP) is 6.80. The number of piperidine rings is 1. The maximum absolute atomic E-state index is 13.8. The molecule has 1 saturated heterocycles. The van der Waals surface area contributed by atoms with Crippen molar-refractivity contribution >= 4 is 28.3 Å². The number of hydrogen-bond acceptors (Lipinski definition) is 6. The summed E-state index contributed by atoms with van der Waals surface area (Å²) in [5.74, 6) is 0.112. The fourth-order valence-corrected chi connectivity index (χ4v) is 5.54. The minimum absolute atomic E-state index is 0.00346. The van der Waals surface area contributed by atoms with Crippen LogP contribution in [0.25, 0.3) is 33.3 Å². The molecule has 5 rings (SSSR count). The van der Waals surface area contributed by atoms with E-state index < -0.39 is 5.82 Å². The molecule has 2 aromatic heterocycles. The Labute approximate surface area is 215 Å². The van der Waals surface area contributed by atoms with E-state index in [4.69, 9.17) is 16.4 Å². The number of fused-ring (bicyclic) bond motifs is 1. The van der Waals surface area contributed by atoms with E-state index in [1.54, 1.807) is 18.3 Å². The molecular formula is C28H29ClFN5O. The monoisotopic (exact) mass is 505 g/mol. The molecule has 1 aliphatic heterocycles. The first-order valence-electron chi connectivity index (χ1n) is 12.0. The number of pyridine rings is 1. The number of hydrogen-bond donors (Lipinski definition) is 2. The molecule has 4 aromatic rings. The van der Waals surface area contributed by atoms with Crippen LogP contribution in [0.5, 0.6) is 0 Å². The molecule has 2 aromatic carbocycles. The van der Waals surface area contributed by atoms with E-state index in [1.165, 1.54) is 12.4 Å². The molecule has 8 heteroatoms. The van der Waals surface area contributed by atoms with Gasteiger partial charge >= 0.3 is 0 Å². The van der Waals surface area contributed by atoms with Crippen molar-refractivity contribution in [2.45, 2.75) is 57.7 Å². The van der Waals surface area contributed by atoms with Crippen molar-refractivity contribution in [3.63, 3.8) is 0 Å². The number of nitrogens with one attached hydrogen (secondary N) is 2. The van der Waals surface area contributed by atoms with Crippen molar-refractivity contribution in [1.82, 2.24) is 20.3 Å². The fraction of sp³-hybridized carbons (Fsp3) is 0.321. The summed E-state index contributed by atoms with van der Waals surface area (Å²) in [7, 11) is 0. The molecule has 0 amide bonds. The van der Waals surface area contributed by atoms with Gasteiger partial charge in [-0.1, -0.05) is 29.8 Å². The summed E-state index contributed by atoms with van der Waals surface area (Å²) in [6.07, 6.45) is 4.96. The molecule has 0 unspecified atom stereocenters. The number of benzene rings is 2. The summed E-state index contributed by atoms with van der Waals surface area (Å²) in [4.78, 5) is 19.8. The molecule has 0 spiro atoms. The van der Waals surface area contributed by atoms with E-state index in [2.05, 4.69) is 53.4 Å². The number of aromatic nitrogens is 3. The average molecular weight is 506 g/mol. The van der Waals surface area contributed by atoms with Crippen molar-refractivity contribution in [3.05, 3.63) is 71.9 Å². The zero-order chi connectivity index (χ0) is 25.5. The van der Waals surface area contributed by atoms with Crippen LogP contribution in [0.4, 0.5) is 10.2 Å². The van der Waals surface area contributed by atoms with Gasteiger partial charge in [0.15, 0.2) is 5.82 Å². The smallest absolute Gasteiger partial charge is 0.161 e. The Kier molecular flexibility index (Phi) is 6.41. The molecule has 0 atom stereocenters. The highest BCUT2D eigenvalue weighted by Gasteiger charge is 2.38. The molecule has 0 saturated carbocycles. The highest BCUT2D eigenvalue weighted by Crippen LogP contribution is 2.38. The molecular weight excluding hydrogens is 477 g/mol. The van der Waals surface area contributed by atoms with Crippen LogP contribution >= 0.6 is 11.6 Å². The standard InChI is InChI=1S/C28H29ClFN5O/c1-27(2)14-18(15-28(3,4)35-27)36-34-26-24-19(7-5-9-23(24)32-16-33-26)20-8-6-12-31-25(20)17-10-11-22(30)21(29)13-17/h5-13,16,18,35H,14-15H2,1-4H3,(H,32,33,34). The van der Waals surface area contributed by atoms with Gasteiger partial charge in [-0.25, -0.2) is 19.8 Å². The number of anilines is 1. The second-order valence-electron chi connectivity index (χ2n) is 10.6. The Balaban J connectivity index is 1.55. The fourth-order valence-electron chi connectivity index (χ4n) is 5.36. The summed E-state index contributed by atoms with van der Waals surface area (Å²) < 4.78 is 13.8. The lowest BCUT2D eigenvalue weighted by Gasteiger charge is -2.45. The highest BCUT2D eigenvalue weighted by molar-refractivity contribution is 6.31. The number of halogens is 2. The van der Waals surface area contributed by atoms with Crippen LogP contribution in [0, 0.1) is 5.82 Å². The number of rotatable bonds is 5. The third-order valence-electron chi connectivity index (χ3n) is 6.43. The van der Waals surface area contributed by atoms with Crippen LogP contribution in [0.2, 0.25) is 5.02 Å². The molecule has 186 valence electrons. The average Bonchev–Trinajstić information content (AvgIpc) is 2.82. The summed E-state index contributed by atoms with van der Waals surface area (Å²) in [5.41, 5.74) is 6.96. The van der Waals surface area contributed by atoms with Gasteiger partial charge in [0.25, 0.3) is 0 Å². The van der Waals surface area contributed by atoms with Crippen LogP contribution < -0.4 is 10.8 Å². The molecule has 36 heavy (non-hydrogen) atoms. The molecule has 0 radical (unpaired) electrons. The van der Waals surface area contributed by atoms with Gasteiger partial charge in [0, 0.05) is 28.4 Å². The summed E-state index contributed by atoms with van der Waals surface area (Å²) in [5, 5.41) is 4.54. The Bertz CT molecular complexity index is 1400. The molecule has 1 aliphatic rings. The lowest BCUT2D eigenvalue weighted by molar-refractivity contribution is 0.00443. The van der Waals surface area contributed by atoms with E-state index >= 15 is 0 Å². The first-order valence-corrected chi connectivity index (χ1v) is 12.4. The van der Waals surface area contributed by atoms with Gasteiger partial charge in [-0.2, -0.15) is 0 Å². The van der Waals surface area contributed by atoms with Gasteiger partial charge < -0.3 is 5.32 Å². The second-order valence-corrected chi connectivity index (χ2v) is 11.0. The molecule has 0 bridgehead atoms. The van der Waals surface area contributed by atoms with E-state index in [0.717, 1.165) is 40.4 Å². The van der Waals surface area contributed by atoms with Crippen molar-refractivity contribution in [2.75, 3.05) is 5.48 Å². The zero-order valence-electron chi connectivity index (χ0n) is 20.8. The van der Waals surface area contributed by atoms with Gasteiger partial charge in [-0.05, 0) is 76.4 Å². The van der Waals surface area contributed by atoms with Crippen LogP contribution in [0.1, 0.15) is 40.5 Å². The first kappa shape index (κ1) is 24.6. The minimum Gasteiger partial charge on any atom is -0.307 e. The van der Waals surface area contributed by atoms with E-state index in [9.17, 15) is 4.39 Å². The number of nitrogens with zero attached hydrogens (tertiary/aromatic N) is 3. The summed E-state index contributed by atoms with van der Waals surface area (Å²) >= 11 is 6.08. The highest BCUT2D eigenvalue weighted by atomic mass is 35.5. The molecule has 3 heterocycles. The van der Waals surface area contributed by atoms with Gasteiger partial charge in [0.2, 0.25) is 0 Å². The van der Waals surface area contributed by atoms with E-state index in [-0.39, 0.29) is 22.2 Å². The van der Waals surface area contributed by atoms with E-state index in [1.807, 2.05) is 30.3 Å². The molecule has 1 fully saturated rings. The lowest BCUT2D eigenvalue weighted by atomic mass is 9.81. The van der Waals surface area contributed by atoms with Crippen molar-refractivity contribution in [2.24, 2.45) is 0 Å². The Morgan fingerprint density at radius 2 is 1.72 bits per heavy atom. The normalized spacial score (nSPS) is 17.3. The maximum atomic E-state index is 13.8. The Morgan fingerprint density at radius 1 is 0.972 bits per heavy atom. The second kappa shape index (κ2) is 9.39. The third kappa shape index (κ3) is 5.05. The summed E-state index contributed by atoms with van der Waals surface area (Å²) in [6.45, 7) is 8.75. The SMILES string of the molecule is CC1(C)CC(ONc2ncnc3cccc(-c4cccnc4-c4ccc(F)c(Cl)c4)c23)CC(C)(C)N1. The quantitative estimate of drug-likeness (QED) is 0.290. The van der Waals surface area contributed by atoms with Crippen LogP contribution in [-0.2, 0) is 4.84 Å². The van der Waals surface area contributed by atoms with Crippen LogP contribution in [0.15, 0.2) is 61.1 Å². The van der Waals surface area contributed by atoms with Crippen molar-refractivity contribution < 1.29 is 9.23 Å². The van der Waals surface area contributed by atoms with Gasteiger partial charge in [-0.3, -0.25) is 9.82 Å². The van der Waals surface area contributed by atoms with Crippen molar-refractivity contribution in [1.29, 1.82) is 0 Å². The van der Waals surface area contributed by atoms with Gasteiger partial charge in [-0.15, -0.1) is 0 Å². The molecule has 0 aliphatic carbocycles. The predicted molar refractivity (Wildman–Crippen MR) is 142 cm³/mol. The largest absolute Gasteiger partial charge is 0.307 e. The minimum atomic E-state index is -0.468. The van der Waals surface area contributed by atoms with Crippen molar-refractivity contribution in [3.8, 4) is 22.4 Å². The summed E-state index contributed by atoms with van der Waals surface area (Å²) in [6, 6.07) is 14.4. The van der Waals surface area contributed by atoms with Crippen LogP contribution in [-0.4, -0.2) is 32.1 Å². The van der Waals surface area contributed by atoms with Gasteiger partial charge in [0.1, 0.15) is 12.1 Å². The van der Waals surface area contributed by atoms with Gasteiger partial charge in [0.05, 0.1) is 27.7 Å². The van der Waals surface area contributed by atoms with E-state index in [0.29, 0.717) is 11.5 Å². The third-order valence-corrected chi connectivity index (χ3v) is 6.72. The Hall–Kier alpha value is -3.13. The van der Waals surface area contributed by atoms with Crippen LogP contribution in [0.3, 0.4) is 0 Å². The first-order chi connectivity index (χ1) is 17.1. The molecule has 2 N–H and O–H groups in total. The maximum Gasteiger partial charge on any atom is 0.161 e. The zero-order valence-corrected chi connectivity index (χ0v) is 21.5. The molecule has 6 nitrogen and oxygen atoms in total.